The first kappa shape index (κ1) is 19.7. The molecule has 152 valence electrons. The molecule has 0 saturated heterocycles. The Morgan fingerprint density at radius 3 is 2.70 bits per heavy atom. The average Bonchev–Trinajstić information content (AvgIpc) is 3.30. The molecule has 4 rings (SSSR count). The third-order valence-electron chi connectivity index (χ3n) is 4.77. The van der Waals surface area contributed by atoms with Gasteiger partial charge in [-0.2, -0.15) is 11.3 Å². The molecule has 2 N–H and O–H groups in total. The van der Waals surface area contributed by atoms with Crippen LogP contribution in [0.1, 0.15) is 29.7 Å². The molecule has 1 aliphatic rings. The number of rotatable bonds is 6. The minimum atomic E-state index is -0.607. The first-order valence-corrected chi connectivity index (χ1v) is 10.3. The van der Waals surface area contributed by atoms with E-state index in [1.165, 1.54) is 6.07 Å². The monoisotopic (exact) mass is 421 g/mol. The standard InChI is InChI=1S/C22H19N3O4S/c1-2-29-18-11-16(10-17(22(18)26)25(27)28)21-19(15-8-9-30-12-15)20(23-13-24-21)14-6-4-3-5-7-14/h3-13,21,26H,2H2,1H3,(H,23,24)/t21-/m1/s1. The van der Waals surface area contributed by atoms with Gasteiger partial charge in [-0.05, 0) is 40.9 Å². The van der Waals surface area contributed by atoms with E-state index in [2.05, 4.69) is 10.3 Å². The Hall–Kier alpha value is -3.65. The predicted molar refractivity (Wildman–Crippen MR) is 118 cm³/mol. The van der Waals surface area contributed by atoms with E-state index in [-0.39, 0.29) is 12.4 Å². The van der Waals surface area contributed by atoms with Crippen LogP contribution in [0.15, 0.2) is 64.3 Å². The molecule has 0 amide bonds. The largest absolute Gasteiger partial charge is 0.500 e. The van der Waals surface area contributed by atoms with Crippen LogP contribution >= 0.6 is 11.3 Å². The number of phenols is 1. The number of hydrogen-bond donors (Lipinski definition) is 2. The van der Waals surface area contributed by atoms with Gasteiger partial charge < -0.3 is 15.2 Å². The van der Waals surface area contributed by atoms with Gasteiger partial charge in [0.15, 0.2) is 5.75 Å². The fraction of sp³-hybridized carbons (Fsp3) is 0.136. The normalized spacial score (nSPS) is 15.7. The lowest BCUT2D eigenvalue weighted by atomic mass is 9.89. The van der Waals surface area contributed by atoms with Gasteiger partial charge in [0, 0.05) is 17.2 Å². The molecule has 0 unspecified atom stereocenters. The van der Waals surface area contributed by atoms with Gasteiger partial charge in [-0.1, -0.05) is 30.3 Å². The quantitative estimate of drug-likeness (QED) is 0.431. The van der Waals surface area contributed by atoms with Crippen molar-refractivity contribution in [2.75, 3.05) is 6.61 Å². The maximum atomic E-state index is 11.5. The number of phenolic OH excluding ortho intramolecular Hbond substituents is 1. The van der Waals surface area contributed by atoms with E-state index in [1.54, 1.807) is 30.7 Å². The topological polar surface area (TPSA) is 97.0 Å². The van der Waals surface area contributed by atoms with Crippen LogP contribution in [0, 0.1) is 10.1 Å². The zero-order valence-electron chi connectivity index (χ0n) is 16.1. The molecule has 0 radical (unpaired) electrons. The zero-order chi connectivity index (χ0) is 21.1. The first-order valence-electron chi connectivity index (χ1n) is 9.35. The molecule has 3 aromatic rings. The van der Waals surface area contributed by atoms with Crippen molar-refractivity contribution in [3.8, 4) is 11.5 Å². The number of hydrogen-bond acceptors (Lipinski definition) is 7. The Balaban J connectivity index is 1.93. The molecule has 0 spiro atoms. The van der Waals surface area contributed by atoms with Crippen LogP contribution in [0.5, 0.6) is 11.5 Å². The fourth-order valence-corrected chi connectivity index (χ4v) is 4.12. The van der Waals surface area contributed by atoms with E-state index in [1.807, 2.05) is 47.2 Å². The van der Waals surface area contributed by atoms with Gasteiger partial charge in [0.2, 0.25) is 5.75 Å². The number of aliphatic imine (C=N–C) groups is 1. The highest BCUT2D eigenvalue weighted by Gasteiger charge is 2.29. The van der Waals surface area contributed by atoms with Crippen LogP contribution in [-0.2, 0) is 0 Å². The lowest BCUT2D eigenvalue weighted by Crippen LogP contribution is -2.25. The molecule has 0 aliphatic carbocycles. The minimum Gasteiger partial charge on any atom is -0.500 e. The summed E-state index contributed by atoms with van der Waals surface area (Å²) in [7, 11) is 0. The summed E-state index contributed by atoms with van der Waals surface area (Å²) in [5, 5.41) is 29.0. The Bertz CT molecular complexity index is 1120. The van der Waals surface area contributed by atoms with Crippen molar-refractivity contribution < 1.29 is 14.8 Å². The van der Waals surface area contributed by atoms with E-state index in [0.717, 1.165) is 22.4 Å². The smallest absolute Gasteiger partial charge is 0.315 e. The van der Waals surface area contributed by atoms with E-state index in [9.17, 15) is 15.2 Å². The van der Waals surface area contributed by atoms with Gasteiger partial charge in [0.1, 0.15) is 0 Å². The van der Waals surface area contributed by atoms with E-state index in [4.69, 9.17) is 4.74 Å². The van der Waals surface area contributed by atoms with Crippen molar-refractivity contribution in [1.82, 2.24) is 5.32 Å². The van der Waals surface area contributed by atoms with Crippen molar-refractivity contribution in [3.63, 3.8) is 0 Å². The molecule has 0 saturated carbocycles. The van der Waals surface area contributed by atoms with Gasteiger partial charge in [-0.25, -0.2) is 4.99 Å². The van der Waals surface area contributed by atoms with Crippen LogP contribution in [0.25, 0.3) is 11.3 Å². The third kappa shape index (κ3) is 3.65. The van der Waals surface area contributed by atoms with Gasteiger partial charge in [0.25, 0.3) is 0 Å². The van der Waals surface area contributed by atoms with Crippen molar-refractivity contribution in [2.24, 2.45) is 4.99 Å². The summed E-state index contributed by atoms with van der Waals surface area (Å²) < 4.78 is 5.47. The summed E-state index contributed by atoms with van der Waals surface area (Å²) in [5.41, 5.74) is 3.80. The van der Waals surface area contributed by atoms with Crippen molar-refractivity contribution >= 4 is 34.6 Å². The molecule has 7 nitrogen and oxygen atoms in total. The van der Waals surface area contributed by atoms with Crippen molar-refractivity contribution in [1.29, 1.82) is 0 Å². The molecule has 2 heterocycles. The van der Waals surface area contributed by atoms with Crippen LogP contribution in [0.3, 0.4) is 0 Å². The number of benzene rings is 2. The second kappa shape index (κ2) is 8.38. The Labute approximate surface area is 177 Å². The predicted octanol–water partition coefficient (Wildman–Crippen LogP) is 5.00. The molecule has 0 fully saturated rings. The Morgan fingerprint density at radius 1 is 1.23 bits per heavy atom. The number of nitro benzene ring substituents is 1. The summed E-state index contributed by atoms with van der Waals surface area (Å²) in [6.45, 7) is 2.03. The molecular weight excluding hydrogens is 402 g/mol. The van der Waals surface area contributed by atoms with Crippen molar-refractivity contribution in [2.45, 2.75) is 13.0 Å². The summed E-state index contributed by atoms with van der Waals surface area (Å²) in [6, 6.07) is 14.4. The van der Waals surface area contributed by atoms with Crippen LogP contribution in [0.2, 0.25) is 0 Å². The molecule has 30 heavy (non-hydrogen) atoms. The second-order valence-electron chi connectivity index (χ2n) is 6.58. The maximum Gasteiger partial charge on any atom is 0.315 e. The molecular formula is C22H19N3O4S. The lowest BCUT2D eigenvalue weighted by Gasteiger charge is -2.27. The number of nitro groups is 1. The fourth-order valence-electron chi connectivity index (χ4n) is 3.46. The molecule has 1 atom stereocenters. The van der Waals surface area contributed by atoms with Crippen LogP contribution in [-0.4, -0.2) is 23.0 Å². The Kier molecular flexibility index (Phi) is 5.49. The SMILES string of the molecule is CCOc1cc([C@H]2NC=NC(c3ccccc3)=C2c2ccsc2)cc([N+](=O)[O-])c1O. The summed E-state index contributed by atoms with van der Waals surface area (Å²) >= 11 is 1.56. The molecule has 1 aliphatic heterocycles. The zero-order valence-corrected chi connectivity index (χ0v) is 16.9. The Morgan fingerprint density at radius 2 is 2.03 bits per heavy atom. The van der Waals surface area contributed by atoms with Gasteiger partial charge in [0.05, 0.1) is 29.6 Å². The number of nitrogens with zero attached hydrogens (tertiary/aromatic N) is 2. The van der Waals surface area contributed by atoms with Crippen LogP contribution < -0.4 is 10.1 Å². The number of nitrogens with one attached hydrogen (secondary N) is 1. The molecule has 2 aromatic carbocycles. The van der Waals surface area contributed by atoms with Gasteiger partial charge >= 0.3 is 5.69 Å². The summed E-state index contributed by atoms with van der Waals surface area (Å²) in [4.78, 5) is 15.5. The van der Waals surface area contributed by atoms with Crippen molar-refractivity contribution in [3.05, 3.63) is 86.1 Å². The molecule has 8 heteroatoms. The van der Waals surface area contributed by atoms with Crippen LogP contribution in [0.4, 0.5) is 5.69 Å². The minimum absolute atomic E-state index is 0.0805. The third-order valence-corrected chi connectivity index (χ3v) is 5.45. The second-order valence-corrected chi connectivity index (χ2v) is 7.36. The van der Waals surface area contributed by atoms with E-state index < -0.39 is 22.4 Å². The van der Waals surface area contributed by atoms with Gasteiger partial charge in [-0.3, -0.25) is 10.1 Å². The van der Waals surface area contributed by atoms with E-state index >= 15 is 0 Å². The molecule has 1 aromatic heterocycles. The number of ether oxygens (including phenoxy) is 1. The average molecular weight is 421 g/mol. The highest BCUT2D eigenvalue weighted by atomic mass is 32.1. The van der Waals surface area contributed by atoms with E-state index in [0.29, 0.717) is 5.56 Å². The number of aromatic hydroxyl groups is 1. The highest BCUT2D eigenvalue weighted by Crippen LogP contribution is 2.44. The summed E-state index contributed by atoms with van der Waals surface area (Å²) in [5.74, 6) is -0.392. The maximum absolute atomic E-state index is 11.5. The molecule has 0 bridgehead atoms. The number of thiophene rings is 1. The highest BCUT2D eigenvalue weighted by molar-refractivity contribution is 7.08. The summed E-state index contributed by atoms with van der Waals surface area (Å²) in [6.07, 6.45) is 1.60. The first-order chi connectivity index (χ1) is 14.6. The van der Waals surface area contributed by atoms with Gasteiger partial charge in [-0.15, -0.1) is 0 Å². The lowest BCUT2D eigenvalue weighted by molar-refractivity contribution is -0.386.